The highest BCUT2D eigenvalue weighted by Gasteiger charge is 2.73. The monoisotopic (exact) mass is 1160 g/mol. The summed E-state index contributed by atoms with van der Waals surface area (Å²) in [5.41, 5.74) is -7.23. The summed E-state index contributed by atoms with van der Waals surface area (Å²) in [4.78, 5) is 69.8. The lowest BCUT2D eigenvalue weighted by Crippen LogP contribution is -2.68. The molecule has 0 bridgehead atoms. The maximum absolute atomic E-state index is 15.1. The molecule has 4 N–H and O–H groups in total. The number of esters is 2. The topological polar surface area (TPSA) is 195 Å². The Morgan fingerprint density at radius 2 is 1.13 bits per heavy atom. The summed E-state index contributed by atoms with van der Waals surface area (Å²) < 4.78 is 43.6. The van der Waals surface area contributed by atoms with E-state index in [2.05, 4.69) is 136 Å². The number of methoxy groups -OCH3 is 1. The molecule has 0 aromatic carbocycles. The summed E-state index contributed by atoms with van der Waals surface area (Å²) in [6.07, 6.45) is 9.80. The van der Waals surface area contributed by atoms with Crippen LogP contribution in [0.4, 0.5) is 0 Å². The van der Waals surface area contributed by atoms with Crippen LogP contribution in [0.1, 0.15) is 203 Å². The molecule has 0 fully saturated rings. The number of aldehydes is 1. The van der Waals surface area contributed by atoms with Gasteiger partial charge in [-0.3, -0.25) is 14.4 Å². The van der Waals surface area contributed by atoms with Gasteiger partial charge in [-0.25, -0.2) is 4.21 Å². The fourth-order valence-corrected chi connectivity index (χ4v) is 10.8. The number of thiol groups is 1. The third-order valence-electron chi connectivity index (χ3n) is 17.5. The molecule has 0 saturated carbocycles. The molecule has 0 aromatic rings. The highest BCUT2D eigenvalue weighted by molar-refractivity contribution is 7.81. The number of hydrogen-bond donors (Lipinski definition) is 5. The van der Waals surface area contributed by atoms with Crippen LogP contribution in [0.25, 0.3) is 0 Å². The average Bonchev–Trinajstić information content (AvgIpc) is 3.31. The summed E-state index contributed by atoms with van der Waals surface area (Å²) in [5.74, 6) is -0.488. The van der Waals surface area contributed by atoms with E-state index in [-0.39, 0.29) is 38.2 Å². The van der Waals surface area contributed by atoms with Crippen molar-refractivity contribution in [1.82, 2.24) is 5.32 Å². The summed E-state index contributed by atoms with van der Waals surface area (Å²) in [6.45, 7) is 45.6. The smallest absolute Gasteiger partial charge is 0.312 e. The van der Waals surface area contributed by atoms with E-state index >= 15 is 4.79 Å². The molecule has 5 unspecified atom stereocenters. The van der Waals surface area contributed by atoms with Gasteiger partial charge in [0.25, 0.3) is 0 Å². The minimum Gasteiger partial charge on any atom is -0.463 e. The van der Waals surface area contributed by atoms with Crippen LogP contribution >= 0.6 is 21.7 Å². The molecule has 0 aliphatic heterocycles. The number of likely N-dealkylation sites (N-methyl/N-ethyl adjacent to an activating group) is 2. The Morgan fingerprint density at radius 3 is 1.56 bits per heavy atom. The highest BCUT2D eigenvalue weighted by atomic mass is 32.2. The second-order valence-corrected chi connectivity index (χ2v) is 27.8. The Balaban J connectivity index is -0.000000690. The van der Waals surface area contributed by atoms with Crippen LogP contribution in [0.3, 0.4) is 0 Å². The Kier molecular flexibility index (Phi) is 44.0. The van der Waals surface area contributed by atoms with Crippen molar-refractivity contribution in [2.45, 2.75) is 208 Å². The van der Waals surface area contributed by atoms with Gasteiger partial charge in [0.15, 0.2) is 11.1 Å². The molecule has 0 heterocycles. The highest BCUT2D eigenvalue weighted by Crippen LogP contribution is 2.72. The summed E-state index contributed by atoms with van der Waals surface area (Å²) in [5, 5.41) is 3.30. The van der Waals surface area contributed by atoms with Gasteiger partial charge in [-0.05, 0) is 66.6 Å². The van der Waals surface area contributed by atoms with E-state index in [9.17, 15) is 18.6 Å². The zero-order valence-corrected chi connectivity index (χ0v) is 57.3. The zero-order chi connectivity index (χ0) is 62.0. The normalized spacial score (nSPS) is 15.5. The van der Waals surface area contributed by atoms with Crippen molar-refractivity contribution in [2.24, 2.45) is 43.3 Å². The molecule has 0 aromatic heterocycles. The third kappa shape index (κ3) is 27.6. The van der Waals surface area contributed by atoms with Gasteiger partial charge in [-0.1, -0.05) is 150 Å². The van der Waals surface area contributed by atoms with Gasteiger partial charge < -0.3 is 52.4 Å². The number of nitrogens with one attached hydrogen (secondary N) is 1. The van der Waals surface area contributed by atoms with Crippen molar-refractivity contribution < 1.29 is 65.6 Å². The Morgan fingerprint density at radius 1 is 0.662 bits per heavy atom. The Bertz CT molecular complexity index is 1620. The zero-order valence-electron chi connectivity index (χ0n) is 54.6. The number of carbonyl (C=O) groups excluding carboxylic acids is 4. The van der Waals surface area contributed by atoms with E-state index in [0.29, 0.717) is 30.5 Å². The SMILES string of the molecule is CC.CCC.CCCC(S)CCCCC(=O)NCCOC(=O)C(C)(C(C)(C)C(C)(C)C(C)(C=O)CCC)C(C)(C)C(C)(C)C(C)(C(=O)OCCOCC[N+](C)(C)C)C(C)(C)C.COCC[N+](C)(C)CCCS(=O)O.OPO. The van der Waals surface area contributed by atoms with Gasteiger partial charge in [0, 0.05) is 30.6 Å². The molecule has 0 radical (unpaired) electrons. The number of rotatable bonds is 34. The number of carbonyl (C=O) groups is 4. The van der Waals surface area contributed by atoms with E-state index in [0.717, 1.165) is 86.4 Å². The van der Waals surface area contributed by atoms with Gasteiger partial charge in [-0.15, -0.1) is 0 Å². The predicted octanol–water partition coefficient (Wildman–Crippen LogP) is 12.0. The van der Waals surface area contributed by atoms with Crippen LogP contribution < -0.4 is 5.32 Å². The number of nitrogens with zero attached hydrogens (tertiary/aromatic N) is 2. The van der Waals surface area contributed by atoms with Crippen molar-refractivity contribution in [1.29, 1.82) is 0 Å². The number of quaternary nitrogens is 2. The third-order valence-corrected chi connectivity index (χ3v) is 18.6. The largest absolute Gasteiger partial charge is 0.463 e. The second-order valence-electron chi connectivity index (χ2n) is 25.8. The average molecular weight is 1160 g/mol. The fraction of sp³-hybridized carbons (Fsp3) is 0.932. The minimum absolute atomic E-state index is 0.00498. The molecule has 0 aliphatic carbocycles. The first-order valence-corrected chi connectivity index (χ1v) is 31.3. The summed E-state index contributed by atoms with van der Waals surface area (Å²) in [6, 6.07) is 0. The van der Waals surface area contributed by atoms with Gasteiger partial charge in [0.2, 0.25) is 5.91 Å². The van der Waals surface area contributed by atoms with E-state index in [4.69, 9.17) is 33.3 Å². The first-order valence-electron chi connectivity index (χ1n) is 28.6. The van der Waals surface area contributed by atoms with E-state index in [1.165, 1.54) is 6.42 Å². The molecule has 0 rings (SSSR count). The van der Waals surface area contributed by atoms with E-state index < -0.39 is 69.4 Å². The quantitative estimate of drug-likeness (QED) is 0.00779. The van der Waals surface area contributed by atoms with Crippen molar-refractivity contribution >= 4 is 56.9 Å². The number of unbranched alkanes of at least 4 members (excludes halogenated alkanes) is 1. The van der Waals surface area contributed by atoms with Crippen LogP contribution in [-0.4, -0.2) is 164 Å². The van der Waals surface area contributed by atoms with Crippen LogP contribution in [0.5, 0.6) is 0 Å². The molecule has 464 valence electrons. The van der Waals surface area contributed by atoms with Crippen LogP contribution in [0.15, 0.2) is 0 Å². The number of ether oxygens (including phenoxy) is 4. The van der Waals surface area contributed by atoms with Gasteiger partial charge in [0.1, 0.15) is 41.6 Å². The Hall–Kier alpha value is -1.27. The van der Waals surface area contributed by atoms with Gasteiger partial charge >= 0.3 is 11.9 Å². The number of hydrogen-bond acceptors (Lipinski definition) is 12. The first kappa shape index (κ1) is 84.5. The maximum Gasteiger partial charge on any atom is 0.312 e. The molecular weight excluding hydrogens is 1040 g/mol. The lowest BCUT2D eigenvalue weighted by molar-refractivity contribution is -0.890. The molecule has 18 heteroatoms. The summed E-state index contributed by atoms with van der Waals surface area (Å²) in [7, 11) is 11.3. The maximum atomic E-state index is 15.1. The van der Waals surface area contributed by atoms with Crippen molar-refractivity contribution in [3.05, 3.63) is 0 Å². The minimum atomic E-state index is -1.65. The van der Waals surface area contributed by atoms with E-state index in [1.807, 2.05) is 55.4 Å². The fourth-order valence-electron chi connectivity index (χ4n) is 9.97. The summed E-state index contributed by atoms with van der Waals surface area (Å²) >= 11 is 2.98. The lowest BCUT2D eigenvalue weighted by Gasteiger charge is -2.68. The molecule has 1 amide bonds. The number of amides is 1. The molecule has 0 spiro atoms. The van der Waals surface area contributed by atoms with Crippen LogP contribution in [-0.2, 0) is 49.2 Å². The first-order chi connectivity index (χ1) is 35.1. The van der Waals surface area contributed by atoms with E-state index in [1.54, 1.807) is 7.11 Å². The molecule has 0 aliphatic rings. The van der Waals surface area contributed by atoms with Crippen molar-refractivity contribution in [3.63, 3.8) is 0 Å². The standard InChI is InChI=1S/C46H88N2O7S.C8H19NO3S.C3H8.C2H6.H3O2P/c1-20-24-35(56)25-22-23-26-36(50)47-28-30-54-38(52)46(16,41(8,9)40(6,7)44(14,34-49)27-21-2)43(12,13)42(10,11)45(15,39(3,4)5)37(51)55-33-32-53-31-29-48(17,18)19;1-9(2,6-7-12-3)5-4-8-13(10)11;1-3-2;1-2;1-3-2/h34-35H,20-33H2,1-19H3,(H-,47,50,56);4-8H2,1-3H3;3H2,1-2H3;1-2H3;1-3H/p+2. The molecule has 0 saturated heterocycles. The molecule has 15 nitrogen and oxygen atoms in total. The molecular formula is C59H126N3O12PS2+2. The van der Waals surface area contributed by atoms with Crippen LogP contribution in [0.2, 0.25) is 0 Å². The predicted molar refractivity (Wildman–Crippen MR) is 329 cm³/mol. The molecule has 5 atom stereocenters. The second kappa shape index (κ2) is 40.0. The Labute approximate surface area is 484 Å². The van der Waals surface area contributed by atoms with Gasteiger partial charge in [-0.2, -0.15) is 12.6 Å². The lowest BCUT2D eigenvalue weighted by atomic mass is 9.34. The van der Waals surface area contributed by atoms with Crippen LogP contribution in [0, 0.1) is 43.3 Å². The van der Waals surface area contributed by atoms with Crippen molar-refractivity contribution in [2.75, 3.05) is 107 Å². The molecule has 77 heavy (non-hydrogen) atoms. The van der Waals surface area contributed by atoms with Gasteiger partial charge in [0.05, 0.1) is 84.7 Å². The van der Waals surface area contributed by atoms with Crippen molar-refractivity contribution in [3.8, 4) is 0 Å².